The smallest absolute Gasteiger partial charge is 0.120 e. The molecule has 0 saturated heterocycles. The SMILES string of the molecule is C=C(CC)CSc1cc(OC)ccc1N. The monoisotopic (exact) mass is 223 g/mol. The first-order valence-corrected chi connectivity index (χ1v) is 5.89. The van der Waals surface area contributed by atoms with Gasteiger partial charge in [0.1, 0.15) is 5.75 Å². The summed E-state index contributed by atoms with van der Waals surface area (Å²) in [7, 11) is 1.66. The molecule has 0 aliphatic rings. The number of ether oxygens (including phenoxy) is 1. The Kier molecular flexibility index (Phi) is 4.56. The van der Waals surface area contributed by atoms with Gasteiger partial charge in [0.15, 0.2) is 0 Å². The van der Waals surface area contributed by atoms with Gasteiger partial charge in [0, 0.05) is 16.3 Å². The van der Waals surface area contributed by atoms with Gasteiger partial charge in [0.25, 0.3) is 0 Å². The van der Waals surface area contributed by atoms with E-state index in [1.165, 1.54) is 5.57 Å². The highest BCUT2D eigenvalue weighted by Gasteiger charge is 2.02. The van der Waals surface area contributed by atoms with Gasteiger partial charge in [-0.25, -0.2) is 0 Å². The summed E-state index contributed by atoms with van der Waals surface area (Å²) in [4.78, 5) is 1.06. The lowest BCUT2D eigenvalue weighted by Crippen LogP contribution is -1.92. The van der Waals surface area contributed by atoms with Crippen molar-refractivity contribution in [3.8, 4) is 5.75 Å². The first-order valence-electron chi connectivity index (χ1n) is 4.90. The summed E-state index contributed by atoms with van der Waals surface area (Å²) in [6.45, 7) is 6.08. The summed E-state index contributed by atoms with van der Waals surface area (Å²) in [6, 6.07) is 5.70. The van der Waals surface area contributed by atoms with Crippen LogP contribution in [-0.2, 0) is 0 Å². The van der Waals surface area contributed by atoms with Crippen LogP contribution in [0.2, 0.25) is 0 Å². The van der Waals surface area contributed by atoms with Crippen LogP contribution in [0.3, 0.4) is 0 Å². The molecule has 2 N–H and O–H groups in total. The molecule has 0 unspecified atom stereocenters. The van der Waals surface area contributed by atoms with Crippen LogP contribution in [0.4, 0.5) is 5.69 Å². The van der Waals surface area contributed by atoms with Crippen LogP contribution in [0.1, 0.15) is 13.3 Å². The average molecular weight is 223 g/mol. The van der Waals surface area contributed by atoms with E-state index in [1.807, 2.05) is 18.2 Å². The maximum atomic E-state index is 5.87. The third-order valence-corrected chi connectivity index (χ3v) is 3.37. The lowest BCUT2D eigenvalue weighted by molar-refractivity contribution is 0.414. The van der Waals surface area contributed by atoms with Crippen LogP contribution in [0, 0.1) is 0 Å². The highest BCUT2D eigenvalue weighted by Crippen LogP contribution is 2.30. The fourth-order valence-electron chi connectivity index (χ4n) is 1.05. The van der Waals surface area contributed by atoms with Crippen LogP contribution in [0.5, 0.6) is 5.75 Å². The molecular weight excluding hydrogens is 206 g/mol. The predicted octanol–water partition coefficient (Wildman–Crippen LogP) is 3.34. The van der Waals surface area contributed by atoms with Gasteiger partial charge in [0.05, 0.1) is 7.11 Å². The van der Waals surface area contributed by atoms with Crippen molar-refractivity contribution in [3.05, 3.63) is 30.4 Å². The van der Waals surface area contributed by atoms with E-state index in [9.17, 15) is 0 Å². The largest absolute Gasteiger partial charge is 0.497 e. The van der Waals surface area contributed by atoms with Crippen LogP contribution < -0.4 is 10.5 Å². The van der Waals surface area contributed by atoms with Gasteiger partial charge in [-0.15, -0.1) is 11.8 Å². The molecule has 0 aromatic heterocycles. The molecular formula is C12H17NOS. The molecule has 0 spiro atoms. The molecule has 1 aromatic rings. The van der Waals surface area contributed by atoms with E-state index in [1.54, 1.807) is 18.9 Å². The Hall–Kier alpha value is -1.09. The quantitative estimate of drug-likeness (QED) is 0.472. The number of nitrogen functional groups attached to an aromatic ring is 1. The summed E-state index contributed by atoms with van der Waals surface area (Å²) in [5, 5.41) is 0. The molecule has 2 nitrogen and oxygen atoms in total. The second-order valence-corrected chi connectivity index (χ2v) is 4.31. The van der Waals surface area contributed by atoms with Crippen molar-refractivity contribution in [3.63, 3.8) is 0 Å². The first kappa shape index (κ1) is 12.0. The summed E-state index contributed by atoms with van der Waals surface area (Å²) in [5.74, 6) is 1.75. The summed E-state index contributed by atoms with van der Waals surface area (Å²) < 4.78 is 5.15. The molecule has 0 saturated carbocycles. The van der Waals surface area contributed by atoms with Crippen molar-refractivity contribution in [1.29, 1.82) is 0 Å². The Bertz CT molecular complexity index is 349. The molecule has 0 amide bonds. The van der Waals surface area contributed by atoms with Crippen molar-refractivity contribution in [2.24, 2.45) is 0 Å². The minimum atomic E-state index is 0.796. The van der Waals surface area contributed by atoms with Crippen LogP contribution in [0.15, 0.2) is 35.2 Å². The van der Waals surface area contributed by atoms with E-state index < -0.39 is 0 Å². The zero-order valence-electron chi connectivity index (χ0n) is 9.25. The second kappa shape index (κ2) is 5.71. The Morgan fingerprint density at radius 1 is 1.53 bits per heavy atom. The maximum Gasteiger partial charge on any atom is 0.120 e. The number of hydrogen-bond acceptors (Lipinski definition) is 3. The van der Waals surface area contributed by atoms with E-state index in [0.717, 1.165) is 28.5 Å². The highest BCUT2D eigenvalue weighted by atomic mass is 32.2. The third-order valence-electron chi connectivity index (χ3n) is 2.15. The minimum Gasteiger partial charge on any atom is -0.497 e. The highest BCUT2D eigenvalue weighted by molar-refractivity contribution is 7.99. The number of rotatable bonds is 5. The van der Waals surface area contributed by atoms with Crippen LogP contribution >= 0.6 is 11.8 Å². The number of benzene rings is 1. The molecule has 0 aliphatic heterocycles. The lowest BCUT2D eigenvalue weighted by atomic mass is 10.3. The fourth-order valence-corrected chi connectivity index (χ4v) is 2.05. The Morgan fingerprint density at radius 3 is 2.87 bits per heavy atom. The third kappa shape index (κ3) is 3.51. The lowest BCUT2D eigenvalue weighted by Gasteiger charge is -2.08. The molecule has 3 heteroatoms. The van der Waals surface area contributed by atoms with Gasteiger partial charge in [-0.1, -0.05) is 19.1 Å². The molecule has 0 bridgehead atoms. The molecule has 0 atom stereocenters. The van der Waals surface area contributed by atoms with Gasteiger partial charge >= 0.3 is 0 Å². The van der Waals surface area contributed by atoms with Gasteiger partial charge < -0.3 is 10.5 Å². The molecule has 82 valence electrons. The van der Waals surface area contributed by atoms with E-state index >= 15 is 0 Å². The molecule has 0 radical (unpaired) electrons. The van der Waals surface area contributed by atoms with Gasteiger partial charge in [-0.3, -0.25) is 0 Å². The molecule has 0 fully saturated rings. The Morgan fingerprint density at radius 2 is 2.27 bits per heavy atom. The van der Waals surface area contributed by atoms with Crippen molar-refractivity contribution in [2.75, 3.05) is 18.6 Å². The van der Waals surface area contributed by atoms with Crippen LogP contribution in [-0.4, -0.2) is 12.9 Å². The first-order chi connectivity index (χ1) is 7.17. The fraction of sp³-hybridized carbons (Fsp3) is 0.333. The topological polar surface area (TPSA) is 35.2 Å². The molecule has 0 heterocycles. The maximum absolute atomic E-state index is 5.87. The molecule has 1 rings (SSSR count). The predicted molar refractivity (Wildman–Crippen MR) is 67.6 cm³/mol. The molecule has 15 heavy (non-hydrogen) atoms. The van der Waals surface area contributed by atoms with Gasteiger partial charge in [-0.2, -0.15) is 0 Å². The van der Waals surface area contributed by atoms with Gasteiger partial charge in [-0.05, 0) is 24.6 Å². The van der Waals surface area contributed by atoms with Crippen LogP contribution in [0.25, 0.3) is 0 Å². The number of hydrogen-bond donors (Lipinski definition) is 1. The van der Waals surface area contributed by atoms with Crippen molar-refractivity contribution >= 4 is 17.4 Å². The zero-order valence-corrected chi connectivity index (χ0v) is 10.1. The summed E-state index contributed by atoms with van der Waals surface area (Å²) >= 11 is 1.70. The van der Waals surface area contributed by atoms with E-state index in [4.69, 9.17) is 10.5 Å². The summed E-state index contributed by atoms with van der Waals surface area (Å²) in [5.41, 5.74) is 7.89. The normalized spacial score (nSPS) is 10.0. The Balaban J connectivity index is 2.70. The van der Waals surface area contributed by atoms with E-state index in [2.05, 4.69) is 13.5 Å². The number of thioether (sulfide) groups is 1. The number of methoxy groups -OCH3 is 1. The average Bonchev–Trinajstić information content (AvgIpc) is 2.27. The molecule has 1 aromatic carbocycles. The van der Waals surface area contributed by atoms with Crippen molar-refractivity contribution in [1.82, 2.24) is 0 Å². The van der Waals surface area contributed by atoms with Crippen molar-refractivity contribution in [2.45, 2.75) is 18.2 Å². The van der Waals surface area contributed by atoms with Crippen molar-refractivity contribution < 1.29 is 4.74 Å². The van der Waals surface area contributed by atoms with E-state index in [0.29, 0.717) is 0 Å². The van der Waals surface area contributed by atoms with E-state index in [-0.39, 0.29) is 0 Å². The number of anilines is 1. The minimum absolute atomic E-state index is 0.796. The zero-order chi connectivity index (χ0) is 11.3. The summed E-state index contributed by atoms with van der Waals surface area (Å²) in [6.07, 6.45) is 1.01. The van der Waals surface area contributed by atoms with Gasteiger partial charge in [0.2, 0.25) is 0 Å². The molecule has 0 aliphatic carbocycles. The number of nitrogens with two attached hydrogens (primary N) is 1. The standard InChI is InChI=1S/C12H17NOS/c1-4-9(2)8-15-12-7-10(14-3)5-6-11(12)13/h5-7H,2,4,8,13H2,1,3H3. The Labute approximate surface area is 95.5 Å². The second-order valence-electron chi connectivity index (χ2n) is 3.30.